The quantitative estimate of drug-likeness (QED) is 0.643. The number of nitrogens with zero attached hydrogens (tertiary/aromatic N) is 3. The van der Waals surface area contributed by atoms with Gasteiger partial charge in [0.2, 0.25) is 11.8 Å². The third kappa shape index (κ3) is 5.50. The Labute approximate surface area is 210 Å². The van der Waals surface area contributed by atoms with Crippen LogP contribution in [0, 0.1) is 17.6 Å². The Morgan fingerprint density at radius 1 is 1.03 bits per heavy atom. The summed E-state index contributed by atoms with van der Waals surface area (Å²) in [4.78, 5) is 32.9. The van der Waals surface area contributed by atoms with Gasteiger partial charge in [-0.1, -0.05) is 36.4 Å². The number of amides is 2. The third-order valence-electron chi connectivity index (χ3n) is 7.37. The molecule has 2 aliphatic heterocycles. The molecule has 2 heterocycles. The number of piperazine rings is 1. The normalized spacial score (nSPS) is 21.8. The first-order valence-corrected chi connectivity index (χ1v) is 12.6. The fourth-order valence-electron chi connectivity index (χ4n) is 5.09. The van der Waals surface area contributed by atoms with E-state index in [-0.39, 0.29) is 36.4 Å². The van der Waals surface area contributed by atoms with Crippen LogP contribution >= 0.6 is 0 Å². The van der Waals surface area contributed by atoms with E-state index in [1.165, 1.54) is 6.07 Å². The molecule has 1 N–H and O–H groups in total. The maximum absolute atomic E-state index is 14.6. The lowest BCUT2D eigenvalue weighted by molar-refractivity contribution is -0.137. The zero-order valence-electron chi connectivity index (χ0n) is 20.5. The topological polar surface area (TPSA) is 55.9 Å². The van der Waals surface area contributed by atoms with Crippen molar-refractivity contribution in [3.63, 3.8) is 0 Å². The first kappa shape index (κ1) is 24.6. The molecule has 6 nitrogen and oxygen atoms in total. The van der Waals surface area contributed by atoms with Crippen LogP contribution in [-0.2, 0) is 9.59 Å². The van der Waals surface area contributed by atoms with Gasteiger partial charge in [0.1, 0.15) is 17.7 Å². The Morgan fingerprint density at radius 2 is 1.75 bits per heavy atom. The lowest BCUT2D eigenvalue weighted by Gasteiger charge is -2.33. The van der Waals surface area contributed by atoms with E-state index in [9.17, 15) is 18.4 Å². The number of carbonyl (C=O) groups is 2. The Kier molecular flexibility index (Phi) is 7.16. The summed E-state index contributed by atoms with van der Waals surface area (Å²) in [6.07, 6.45) is 3.60. The van der Waals surface area contributed by atoms with Gasteiger partial charge in [0, 0.05) is 38.3 Å². The highest BCUT2D eigenvalue weighted by molar-refractivity contribution is 5.91. The highest BCUT2D eigenvalue weighted by atomic mass is 19.1. The van der Waals surface area contributed by atoms with Crippen LogP contribution in [0.1, 0.15) is 30.0 Å². The molecule has 0 bridgehead atoms. The molecule has 2 aromatic rings. The van der Waals surface area contributed by atoms with Gasteiger partial charge in [0.05, 0.1) is 12.6 Å². The Morgan fingerprint density at radius 3 is 2.44 bits per heavy atom. The molecule has 3 aliphatic rings. The summed E-state index contributed by atoms with van der Waals surface area (Å²) in [6.45, 7) is 3.88. The largest absolute Gasteiger partial charge is 0.343 e. The van der Waals surface area contributed by atoms with Crippen LogP contribution in [0.5, 0.6) is 0 Å². The molecule has 2 aromatic carbocycles. The molecule has 0 aromatic heterocycles. The van der Waals surface area contributed by atoms with Crippen molar-refractivity contribution in [1.82, 2.24) is 20.0 Å². The number of benzene rings is 2. The first-order chi connectivity index (χ1) is 17.4. The van der Waals surface area contributed by atoms with Gasteiger partial charge in [-0.15, -0.1) is 0 Å². The molecule has 190 valence electrons. The van der Waals surface area contributed by atoms with Crippen molar-refractivity contribution in [2.75, 3.05) is 46.3 Å². The third-order valence-corrected chi connectivity index (χ3v) is 7.37. The van der Waals surface area contributed by atoms with Gasteiger partial charge in [-0.25, -0.2) is 8.78 Å². The number of hydrogen-bond donors (Lipinski definition) is 1. The fourth-order valence-corrected chi connectivity index (χ4v) is 5.09. The van der Waals surface area contributed by atoms with Gasteiger partial charge >= 0.3 is 0 Å². The molecule has 2 atom stereocenters. The van der Waals surface area contributed by atoms with Crippen LogP contribution in [0.15, 0.2) is 54.6 Å². The number of likely N-dealkylation sites (N-methyl/N-ethyl adjacent to an activating group) is 1. The maximum Gasteiger partial charge on any atom is 0.246 e. The smallest absolute Gasteiger partial charge is 0.246 e. The summed E-state index contributed by atoms with van der Waals surface area (Å²) in [6, 6.07) is 11.8. The van der Waals surface area contributed by atoms with Crippen molar-refractivity contribution in [3.05, 3.63) is 77.4 Å². The number of halogens is 2. The molecule has 1 aliphatic carbocycles. The van der Waals surface area contributed by atoms with Crippen molar-refractivity contribution in [1.29, 1.82) is 0 Å². The average molecular weight is 495 g/mol. The van der Waals surface area contributed by atoms with E-state index in [2.05, 4.69) is 22.2 Å². The molecule has 0 spiro atoms. The summed E-state index contributed by atoms with van der Waals surface area (Å²) in [5, 5.41) is 3.02. The summed E-state index contributed by atoms with van der Waals surface area (Å²) in [7, 11) is 2.07. The predicted molar refractivity (Wildman–Crippen MR) is 134 cm³/mol. The average Bonchev–Trinajstić information content (AvgIpc) is 3.63. The van der Waals surface area contributed by atoms with Gasteiger partial charge in [0.25, 0.3) is 0 Å². The zero-order chi connectivity index (χ0) is 25.2. The molecule has 2 amide bonds. The minimum atomic E-state index is -0.624. The van der Waals surface area contributed by atoms with E-state index in [0.29, 0.717) is 5.57 Å². The lowest BCUT2D eigenvalue weighted by Crippen LogP contribution is -2.53. The Balaban J connectivity index is 1.36. The first-order valence-electron chi connectivity index (χ1n) is 12.6. The minimum absolute atomic E-state index is 0.0975. The van der Waals surface area contributed by atoms with Gasteiger partial charge in [-0.3, -0.25) is 14.5 Å². The van der Waals surface area contributed by atoms with Crippen LogP contribution in [0.3, 0.4) is 0 Å². The molecule has 1 saturated carbocycles. The van der Waals surface area contributed by atoms with Crippen LogP contribution in [0.25, 0.3) is 5.57 Å². The van der Waals surface area contributed by atoms with Crippen molar-refractivity contribution < 1.29 is 18.4 Å². The zero-order valence-corrected chi connectivity index (χ0v) is 20.5. The standard InChI is InChI=1S/C28H32F2N4O2/c1-32-11-13-33(14-12-32)18-26(35)31-27(20-7-8-20)28(36)34-17-21(23-16-22(29)9-10-24(23)30)15-25(34)19-5-3-2-4-6-19/h2-6,9-10,15-16,20,25,27H,7-8,11-14,17-18H2,1H3,(H,31,35)/t25-,27-/m0/s1. The van der Waals surface area contributed by atoms with Gasteiger partial charge in [-0.05, 0) is 55.1 Å². The summed E-state index contributed by atoms with van der Waals surface area (Å²) in [5.74, 6) is -1.28. The highest BCUT2D eigenvalue weighted by Crippen LogP contribution is 2.39. The van der Waals surface area contributed by atoms with E-state index in [1.54, 1.807) is 4.90 Å². The number of nitrogens with one attached hydrogen (secondary N) is 1. The van der Waals surface area contributed by atoms with Gasteiger partial charge < -0.3 is 15.1 Å². The second kappa shape index (κ2) is 10.5. The Bertz CT molecular complexity index is 1140. The number of carbonyl (C=O) groups excluding carboxylic acids is 2. The molecule has 8 heteroatoms. The van der Waals surface area contributed by atoms with Crippen molar-refractivity contribution in [3.8, 4) is 0 Å². The number of rotatable bonds is 7. The van der Waals surface area contributed by atoms with E-state index in [1.807, 2.05) is 36.4 Å². The molecular formula is C28H32F2N4O2. The Hall–Kier alpha value is -3.10. The summed E-state index contributed by atoms with van der Waals surface area (Å²) < 4.78 is 28.6. The summed E-state index contributed by atoms with van der Waals surface area (Å²) in [5.41, 5.74) is 1.61. The van der Waals surface area contributed by atoms with Gasteiger partial charge in [0.15, 0.2) is 0 Å². The van der Waals surface area contributed by atoms with E-state index in [0.717, 1.165) is 56.7 Å². The number of hydrogen-bond acceptors (Lipinski definition) is 4. The van der Waals surface area contributed by atoms with E-state index < -0.39 is 23.7 Å². The van der Waals surface area contributed by atoms with Crippen LogP contribution in [0.2, 0.25) is 0 Å². The second-order valence-electron chi connectivity index (χ2n) is 10.1. The van der Waals surface area contributed by atoms with E-state index >= 15 is 0 Å². The van der Waals surface area contributed by atoms with Gasteiger partial charge in [-0.2, -0.15) is 0 Å². The van der Waals surface area contributed by atoms with E-state index in [4.69, 9.17) is 0 Å². The molecule has 2 fully saturated rings. The minimum Gasteiger partial charge on any atom is -0.343 e. The molecule has 0 unspecified atom stereocenters. The van der Waals surface area contributed by atoms with Crippen molar-refractivity contribution in [2.45, 2.75) is 24.9 Å². The van der Waals surface area contributed by atoms with Crippen LogP contribution in [-0.4, -0.2) is 78.9 Å². The fraction of sp³-hybridized carbons (Fsp3) is 0.429. The van der Waals surface area contributed by atoms with Crippen LogP contribution < -0.4 is 5.32 Å². The highest BCUT2D eigenvalue weighted by Gasteiger charge is 2.43. The monoisotopic (exact) mass is 494 g/mol. The predicted octanol–water partition coefficient (Wildman–Crippen LogP) is 3.07. The molecule has 5 rings (SSSR count). The van der Waals surface area contributed by atoms with Crippen LogP contribution in [0.4, 0.5) is 8.78 Å². The summed E-state index contributed by atoms with van der Waals surface area (Å²) >= 11 is 0. The lowest BCUT2D eigenvalue weighted by atomic mass is 10.0. The van der Waals surface area contributed by atoms with Crippen molar-refractivity contribution in [2.24, 2.45) is 5.92 Å². The molecular weight excluding hydrogens is 462 g/mol. The molecule has 0 radical (unpaired) electrons. The SMILES string of the molecule is CN1CCN(CC(=O)N[C@H](C(=O)N2CC(c3cc(F)ccc3F)=C[C@H]2c2ccccc2)C2CC2)CC1. The maximum atomic E-state index is 14.6. The molecule has 36 heavy (non-hydrogen) atoms. The van der Waals surface area contributed by atoms with Crippen molar-refractivity contribution >= 4 is 17.4 Å². The second-order valence-corrected chi connectivity index (χ2v) is 10.1. The molecule has 1 saturated heterocycles.